The monoisotopic (exact) mass is 292 g/mol. The Labute approximate surface area is 114 Å². The van der Waals surface area contributed by atoms with Gasteiger partial charge in [0.25, 0.3) is 0 Å². The third-order valence-electron chi connectivity index (χ3n) is 3.46. The van der Waals surface area contributed by atoms with E-state index >= 15 is 0 Å². The van der Waals surface area contributed by atoms with Crippen molar-refractivity contribution >= 4 is 0 Å². The van der Waals surface area contributed by atoms with E-state index in [9.17, 15) is 22.7 Å². The number of aliphatic hydroxyl groups is 1. The number of halogens is 4. The molecule has 1 heterocycles. The van der Waals surface area contributed by atoms with Crippen LogP contribution in [0.25, 0.3) is 0 Å². The van der Waals surface area contributed by atoms with E-state index in [0.717, 1.165) is 18.2 Å². The van der Waals surface area contributed by atoms with Crippen molar-refractivity contribution in [2.75, 3.05) is 32.8 Å². The van der Waals surface area contributed by atoms with Crippen LogP contribution in [0.5, 0.6) is 0 Å². The average molecular weight is 292 g/mol. The zero-order chi connectivity index (χ0) is 14.8. The molecule has 0 aromatic heterocycles. The first-order chi connectivity index (χ1) is 9.45. The number of nitrogens with one attached hydrogen (secondary N) is 1. The Morgan fingerprint density at radius 2 is 1.90 bits per heavy atom. The van der Waals surface area contributed by atoms with E-state index in [0.29, 0.717) is 26.2 Å². The van der Waals surface area contributed by atoms with E-state index in [1.165, 1.54) is 0 Å². The van der Waals surface area contributed by atoms with Crippen LogP contribution in [0.15, 0.2) is 18.2 Å². The third kappa shape index (κ3) is 3.11. The zero-order valence-electron chi connectivity index (χ0n) is 10.8. The highest BCUT2D eigenvalue weighted by molar-refractivity contribution is 5.34. The molecule has 20 heavy (non-hydrogen) atoms. The number of rotatable bonds is 3. The summed E-state index contributed by atoms with van der Waals surface area (Å²) in [6.07, 6.45) is -4.64. The lowest BCUT2D eigenvalue weighted by atomic mass is 9.97. The lowest BCUT2D eigenvalue weighted by molar-refractivity contribution is -0.139. The first kappa shape index (κ1) is 15.2. The van der Waals surface area contributed by atoms with Crippen LogP contribution in [0.3, 0.4) is 0 Å². The van der Waals surface area contributed by atoms with Gasteiger partial charge >= 0.3 is 6.18 Å². The van der Waals surface area contributed by atoms with Gasteiger partial charge in [0.1, 0.15) is 5.82 Å². The van der Waals surface area contributed by atoms with E-state index in [2.05, 4.69) is 5.32 Å². The maximum Gasteiger partial charge on any atom is 0.416 e. The molecule has 1 atom stereocenters. The van der Waals surface area contributed by atoms with E-state index in [1.807, 2.05) is 0 Å². The fourth-order valence-corrected chi connectivity index (χ4v) is 2.51. The summed E-state index contributed by atoms with van der Waals surface area (Å²) in [7, 11) is 0. The number of benzene rings is 1. The summed E-state index contributed by atoms with van der Waals surface area (Å²) in [5.74, 6) is -0.933. The molecule has 1 aliphatic heterocycles. The first-order valence-corrected chi connectivity index (χ1v) is 6.36. The minimum atomic E-state index is -4.64. The van der Waals surface area contributed by atoms with Gasteiger partial charge in [-0.15, -0.1) is 0 Å². The van der Waals surface area contributed by atoms with Crippen LogP contribution in [0, 0.1) is 5.82 Å². The Kier molecular flexibility index (Phi) is 4.62. The van der Waals surface area contributed by atoms with Crippen molar-refractivity contribution in [1.82, 2.24) is 10.2 Å². The molecule has 2 N–H and O–H groups in total. The van der Waals surface area contributed by atoms with Gasteiger partial charge in [-0.2, -0.15) is 13.2 Å². The molecule has 7 heteroatoms. The molecule has 1 aliphatic rings. The molecule has 0 saturated carbocycles. The Bertz CT molecular complexity index is 458. The molecule has 0 unspecified atom stereocenters. The van der Waals surface area contributed by atoms with Crippen molar-refractivity contribution in [2.24, 2.45) is 0 Å². The molecule has 1 saturated heterocycles. The van der Waals surface area contributed by atoms with Gasteiger partial charge in [0, 0.05) is 31.7 Å². The van der Waals surface area contributed by atoms with Gasteiger partial charge in [0.15, 0.2) is 0 Å². The molecule has 0 aliphatic carbocycles. The van der Waals surface area contributed by atoms with E-state index in [1.54, 1.807) is 4.90 Å². The minimum Gasteiger partial charge on any atom is -0.394 e. The topological polar surface area (TPSA) is 35.5 Å². The SMILES string of the molecule is OC[C@@H](c1c(F)cccc1C(F)(F)F)N1CCNCC1. The van der Waals surface area contributed by atoms with Gasteiger partial charge in [-0.25, -0.2) is 4.39 Å². The third-order valence-corrected chi connectivity index (χ3v) is 3.46. The van der Waals surface area contributed by atoms with Crippen LogP contribution >= 0.6 is 0 Å². The molecule has 2 rings (SSSR count). The summed E-state index contributed by atoms with van der Waals surface area (Å²) >= 11 is 0. The maximum atomic E-state index is 13.9. The second-order valence-corrected chi connectivity index (χ2v) is 4.68. The molecule has 112 valence electrons. The molecule has 0 amide bonds. The van der Waals surface area contributed by atoms with Crippen molar-refractivity contribution in [1.29, 1.82) is 0 Å². The fraction of sp³-hybridized carbons (Fsp3) is 0.538. The second-order valence-electron chi connectivity index (χ2n) is 4.68. The van der Waals surface area contributed by atoms with Crippen LogP contribution in [-0.2, 0) is 6.18 Å². The molecule has 0 bridgehead atoms. The van der Waals surface area contributed by atoms with E-state index < -0.39 is 35.8 Å². The molecule has 0 spiro atoms. The van der Waals surface area contributed by atoms with Crippen molar-refractivity contribution in [3.8, 4) is 0 Å². The van der Waals surface area contributed by atoms with E-state index in [-0.39, 0.29) is 0 Å². The Hall–Kier alpha value is -1.18. The van der Waals surface area contributed by atoms with Crippen molar-refractivity contribution in [3.63, 3.8) is 0 Å². The molecule has 1 aromatic carbocycles. The van der Waals surface area contributed by atoms with Crippen LogP contribution < -0.4 is 5.32 Å². The lowest BCUT2D eigenvalue weighted by Crippen LogP contribution is -2.46. The number of alkyl halides is 3. The Morgan fingerprint density at radius 3 is 2.45 bits per heavy atom. The van der Waals surface area contributed by atoms with Gasteiger partial charge < -0.3 is 10.4 Å². The number of hydrogen-bond donors (Lipinski definition) is 2. The summed E-state index contributed by atoms with van der Waals surface area (Å²) in [6.45, 7) is 1.59. The van der Waals surface area contributed by atoms with Gasteiger partial charge in [0.05, 0.1) is 18.2 Å². The minimum absolute atomic E-state index is 0.468. The fourth-order valence-electron chi connectivity index (χ4n) is 2.51. The van der Waals surface area contributed by atoms with Crippen LogP contribution in [0.2, 0.25) is 0 Å². The standard InChI is InChI=1S/C13H16F4N2O/c14-10-3-1-2-9(13(15,16)17)12(10)11(8-20)19-6-4-18-5-7-19/h1-3,11,18,20H,4-8H2/t11-/m0/s1. The summed E-state index contributed by atoms with van der Waals surface area (Å²) < 4.78 is 53.0. The highest BCUT2D eigenvalue weighted by Gasteiger charge is 2.38. The zero-order valence-corrected chi connectivity index (χ0v) is 10.8. The van der Waals surface area contributed by atoms with Crippen molar-refractivity contribution in [3.05, 3.63) is 35.1 Å². The number of hydrogen-bond acceptors (Lipinski definition) is 3. The predicted molar refractivity (Wildman–Crippen MR) is 65.7 cm³/mol. The molecular formula is C13H16F4N2O. The summed E-state index contributed by atoms with van der Waals surface area (Å²) in [5, 5.41) is 12.5. The van der Waals surface area contributed by atoms with Gasteiger partial charge in [-0.3, -0.25) is 4.90 Å². The van der Waals surface area contributed by atoms with Crippen LogP contribution in [0.4, 0.5) is 17.6 Å². The Morgan fingerprint density at radius 1 is 1.25 bits per heavy atom. The van der Waals surface area contributed by atoms with E-state index in [4.69, 9.17) is 0 Å². The van der Waals surface area contributed by atoms with Gasteiger partial charge in [-0.05, 0) is 12.1 Å². The van der Waals surface area contributed by atoms with Gasteiger partial charge in [-0.1, -0.05) is 6.07 Å². The largest absolute Gasteiger partial charge is 0.416 e. The summed E-state index contributed by atoms with van der Waals surface area (Å²) in [4.78, 5) is 1.67. The molecule has 3 nitrogen and oxygen atoms in total. The number of aliphatic hydroxyl groups excluding tert-OH is 1. The molecule has 1 fully saturated rings. The molecule has 0 radical (unpaired) electrons. The summed E-state index contributed by atoms with van der Waals surface area (Å²) in [6, 6.07) is 1.90. The molecular weight excluding hydrogens is 276 g/mol. The predicted octanol–water partition coefficient (Wildman–Crippen LogP) is 1.78. The van der Waals surface area contributed by atoms with Crippen LogP contribution in [0.1, 0.15) is 17.2 Å². The van der Waals surface area contributed by atoms with Crippen LogP contribution in [-0.4, -0.2) is 42.8 Å². The first-order valence-electron chi connectivity index (χ1n) is 6.36. The second kappa shape index (κ2) is 6.07. The van der Waals surface area contributed by atoms with Crippen molar-refractivity contribution < 1.29 is 22.7 Å². The molecule has 1 aromatic rings. The quantitative estimate of drug-likeness (QED) is 0.834. The summed E-state index contributed by atoms with van der Waals surface area (Å²) in [5.41, 5.74) is -1.49. The lowest BCUT2D eigenvalue weighted by Gasteiger charge is -2.35. The number of piperazine rings is 1. The maximum absolute atomic E-state index is 13.9. The smallest absolute Gasteiger partial charge is 0.394 e. The highest BCUT2D eigenvalue weighted by Crippen LogP contribution is 2.37. The average Bonchev–Trinajstić information content (AvgIpc) is 2.41. The van der Waals surface area contributed by atoms with Crippen molar-refractivity contribution in [2.45, 2.75) is 12.2 Å². The normalized spacial score (nSPS) is 19.1. The Balaban J connectivity index is 2.42. The number of nitrogens with zero attached hydrogens (tertiary/aromatic N) is 1. The highest BCUT2D eigenvalue weighted by atomic mass is 19.4. The van der Waals surface area contributed by atoms with Gasteiger partial charge in [0.2, 0.25) is 0 Å².